The lowest BCUT2D eigenvalue weighted by atomic mass is 10.1. The van der Waals surface area contributed by atoms with Crippen LogP contribution in [0.25, 0.3) is 0 Å². The molecule has 1 unspecified atom stereocenters. The van der Waals surface area contributed by atoms with Gasteiger partial charge in [0.2, 0.25) is 5.95 Å². The largest absolute Gasteiger partial charge is 0.369 e. The van der Waals surface area contributed by atoms with Crippen LogP contribution in [0.2, 0.25) is 0 Å². The van der Waals surface area contributed by atoms with E-state index in [9.17, 15) is 4.79 Å². The summed E-state index contributed by atoms with van der Waals surface area (Å²) in [5.41, 5.74) is 7.41. The highest BCUT2D eigenvalue weighted by molar-refractivity contribution is 5.21. The minimum atomic E-state index is -0.182. The van der Waals surface area contributed by atoms with E-state index in [2.05, 4.69) is 20.0 Å². The number of anilines is 1. The molecule has 0 bridgehead atoms. The van der Waals surface area contributed by atoms with Crippen LogP contribution in [0.1, 0.15) is 23.6 Å². The van der Waals surface area contributed by atoms with Gasteiger partial charge in [0.25, 0.3) is 5.56 Å². The Bertz CT molecular complexity index is 661. The molecule has 0 saturated carbocycles. The third-order valence-corrected chi connectivity index (χ3v) is 3.63. The van der Waals surface area contributed by atoms with E-state index >= 15 is 0 Å². The van der Waals surface area contributed by atoms with E-state index < -0.39 is 0 Å². The van der Waals surface area contributed by atoms with Crippen molar-refractivity contribution in [1.29, 1.82) is 0 Å². The Hall–Kier alpha value is -2.15. The summed E-state index contributed by atoms with van der Waals surface area (Å²) in [6, 6.07) is 1.55. The van der Waals surface area contributed by atoms with Crippen LogP contribution >= 0.6 is 0 Å². The minimum absolute atomic E-state index is 0.182. The van der Waals surface area contributed by atoms with E-state index in [-0.39, 0.29) is 17.4 Å². The first-order valence-electron chi connectivity index (χ1n) is 6.67. The van der Waals surface area contributed by atoms with Crippen LogP contribution < -0.4 is 11.3 Å². The van der Waals surface area contributed by atoms with Crippen molar-refractivity contribution in [3.8, 4) is 0 Å². The van der Waals surface area contributed by atoms with Crippen molar-refractivity contribution in [1.82, 2.24) is 24.6 Å². The minimum Gasteiger partial charge on any atom is -0.369 e. The van der Waals surface area contributed by atoms with Crippen LogP contribution in [0.4, 0.5) is 5.95 Å². The van der Waals surface area contributed by atoms with Crippen LogP contribution in [0.5, 0.6) is 0 Å². The molecule has 3 rings (SSSR count). The van der Waals surface area contributed by atoms with Crippen LogP contribution in [0.3, 0.4) is 0 Å². The summed E-state index contributed by atoms with van der Waals surface area (Å²) in [6.07, 6.45) is 4.91. The Labute approximate surface area is 116 Å². The Kier molecular flexibility index (Phi) is 3.27. The normalized spacial score (nSPS) is 19.6. The van der Waals surface area contributed by atoms with Gasteiger partial charge >= 0.3 is 0 Å². The average Bonchev–Trinajstić information content (AvgIpc) is 2.98. The Morgan fingerprint density at radius 3 is 3.10 bits per heavy atom. The number of hydrogen-bond acceptors (Lipinski definition) is 5. The number of nitrogens with zero attached hydrogens (tertiary/aromatic N) is 4. The molecule has 1 fully saturated rings. The zero-order chi connectivity index (χ0) is 14.1. The van der Waals surface area contributed by atoms with Crippen LogP contribution in [-0.4, -0.2) is 37.7 Å². The monoisotopic (exact) mass is 274 g/mol. The van der Waals surface area contributed by atoms with E-state index in [1.165, 1.54) is 5.56 Å². The van der Waals surface area contributed by atoms with Gasteiger partial charge in [-0.25, -0.2) is 4.98 Å². The Morgan fingerprint density at radius 2 is 2.40 bits per heavy atom. The molecule has 3 N–H and O–H groups in total. The molecule has 0 radical (unpaired) electrons. The molecule has 3 heterocycles. The fraction of sp³-hybridized carbons (Fsp3) is 0.462. The maximum absolute atomic E-state index is 11.4. The van der Waals surface area contributed by atoms with Crippen molar-refractivity contribution in [2.45, 2.75) is 18.9 Å². The molecular formula is C13H18N6O. The second kappa shape index (κ2) is 5.09. The molecule has 1 saturated heterocycles. The lowest BCUT2D eigenvalue weighted by molar-refractivity contribution is 0.326. The van der Waals surface area contributed by atoms with E-state index in [0.29, 0.717) is 0 Å². The number of aryl methyl sites for hydroxylation is 1. The van der Waals surface area contributed by atoms with Gasteiger partial charge < -0.3 is 5.73 Å². The molecule has 7 nitrogen and oxygen atoms in total. The summed E-state index contributed by atoms with van der Waals surface area (Å²) < 4.78 is 1.81. The number of rotatable bonds is 3. The number of H-pyrrole nitrogens is 1. The Balaban J connectivity index is 1.68. The highest BCUT2D eigenvalue weighted by Gasteiger charge is 2.25. The third kappa shape index (κ3) is 2.72. The highest BCUT2D eigenvalue weighted by Crippen LogP contribution is 2.26. The maximum Gasteiger partial charge on any atom is 0.252 e. The van der Waals surface area contributed by atoms with E-state index in [0.717, 1.165) is 31.7 Å². The molecule has 2 aromatic rings. The molecule has 1 aliphatic heterocycles. The summed E-state index contributed by atoms with van der Waals surface area (Å²) >= 11 is 0. The Morgan fingerprint density at radius 1 is 1.55 bits per heavy atom. The predicted octanol–water partition coefficient (Wildman–Crippen LogP) is 0.0751. The third-order valence-electron chi connectivity index (χ3n) is 3.63. The fourth-order valence-corrected chi connectivity index (χ4v) is 2.73. The number of hydrogen-bond donors (Lipinski definition) is 2. The summed E-state index contributed by atoms with van der Waals surface area (Å²) in [5, 5.41) is 4.17. The molecule has 0 aliphatic carbocycles. The van der Waals surface area contributed by atoms with Crippen molar-refractivity contribution in [2.75, 3.05) is 18.8 Å². The first kappa shape index (κ1) is 12.9. The molecule has 7 heteroatoms. The second-order valence-corrected chi connectivity index (χ2v) is 5.30. The van der Waals surface area contributed by atoms with Crippen molar-refractivity contribution in [3.63, 3.8) is 0 Å². The molecule has 1 aliphatic rings. The topological polar surface area (TPSA) is 92.8 Å². The summed E-state index contributed by atoms with van der Waals surface area (Å²) in [6.45, 7) is 2.77. The number of aromatic amines is 1. The lowest BCUT2D eigenvalue weighted by Gasteiger charge is -2.14. The quantitative estimate of drug-likeness (QED) is 0.826. The number of aromatic nitrogens is 4. The van der Waals surface area contributed by atoms with Gasteiger partial charge in [0, 0.05) is 43.9 Å². The lowest BCUT2D eigenvalue weighted by Crippen LogP contribution is -2.20. The number of nitrogens with one attached hydrogen (secondary N) is 1. The van der Waals surface area contributed by atoms with Crippen molar-refractivity contribution in [3.05, 3.63) is 40.1 Å². The predicted molar refractivity (Wildman–Crippen MR) is 75.1 cm³/mol. The van der Waals surface area contributed by atoms with Crippen molar-refractivity contribution >= 4 is 5.95 Å². The number of nitrogens with two attached hydrogens (primary N) is 1. The molecular weight excluding hydrogens is 256 g/mol. The summed E-state index contributed by atoms with van der Waals surface area (Å²) in [7, 11) is 1.92. The van der Waals surface area contributed by atoms with E-state index in [1.54, 1.807) is 6.07 Å². The molecule has 2 aromatic heterocycles. The first-order chi connectivity index (χ1) is 9.60. The van der Waals surface area contributed by atoms with Gasteiger partial charge in [-0.15, -0.1) is 0 Å². The van der Waals surface area contributed by atoms with Gasteiger partial charge in [-0.05, 0) is 13.0 Å². The summed E-state index contributed by atoms with van der Waals surface area (Å²) in [5.74, 6) is 0.467. The van der Waals surface area contributed by atoms with Crippen LogP contribution in [0.15, 0.2) is 23.3 Å². The molecule has 0 spiro atoms. The van der Waals surface area contributed by atoms with Crippen LogP contribution in [-0.2, 0) is 13.6 Å². The van der Waals surface area contributed by atoms with Gasteiger partial charge in [-0.3, -0.25) is 19.4 Å². The molecule has 0 amide bonds. The molecule has 20 heavy (non-hydrogen) atoms. The molecule has 1 atom stereocenters. The van der Waals surface area contributed by atoms with Gasteiger partial charge in [0.1, 0.15) is 0 Å². The standard InChI is InChI=1S/C13H18N6O/c1-18-6-9(5-15-18)7-19-3-2-10(8-19)11-4-12(20)17-13(14)16-11/h4-6,10H,2-3,7-8H2,1H3,(H3,14,16,17,20). The first-order valence-corrected chi connectivity index (χ1v) is 6.67. The summed E-state index contributed by atoms with van der Waals surface area (Å²) in [4.78, 5) is 20.5. The van der Waals surface area contributed by atoms with Gasteiger partial charge in [0.05, 0.1) is 11.9 Å². The van der Waals surface area contributed by atoms with E-state index in [4.69, 9.17) is 5.73 Å². The van der Waals surface area contributed by atoms with E-state index in [1.807, 2.05) is 24.1 Å². The molecule has 106 valence electrons. The van der Waals surface area contributed by atoms with Gasteiger partial charge in [0.15, 0.2) is 0 Å². The number of nitrogen functional groups attached to an aromatic ring is 1. The highest BCUT2D eigenvalue weighted by atomic mass is 16.1. The second-order valence-electron chi connectivity index (χ2n) is 5.30. The fourth-order valence-electron chi connectivity index (χ4n) is 2.73. The maximum atomic E-state index is 11.4. The smallest absolute Gasteiger partial charge is 0.252 e. The zero-order valence-electron chi connectivity index (χ0n) is 11.4. The van der Waals surface area contributed by atoms with Crippen molar-refractivity contribution in [2.24, 2.45) is 7.05 Å². The average molecular weight is 274 g/mol. The zero-order valence-corrected chi connectivity index (χ0v) is 11.4. The number of likely N-dealkylation sites (tertiary alicyclic amines) is 1. The van der Waals surface area contributed by atoms with Crippen LogP contribution in [0, 0.1) is 0 Å². The molecule has 0 aromatic carbocycles. The van der Waals surface area contributed by atoms with Gasteiger partial charge in [-0.1, -0.05) is 0 Å². The SMILES string of the molecule is Cn1cc(CN2CCC(c3cc(=O)[nH]c(N)n3)C2)cn1. The van der Waals surface area contributed by atoms with Crippen molar-refractivity contribution < 1.29 is 0 Å². The van der Waals surface area contributed by atoms with Gasteiger partial charge in [-0.2, -0.15) is 5.10 Å².